The van der Waals surface area contributed by atoms with E-state index in [2.05, 4.69) is 0 Å². The number of benzene rings is 2. The van der Waals surface area contributed by atoms with Crippen molar-refractivity contribution in [3.05, 3.63) is 64.4 Å². The van der Waals surface area contributed by atoms with Crippen molar-refractivity contribution in [2.75, 3.05) is 7.11 Å². The first-order chi connectivity index (χ1) is 9.72. The SMILES string of the molecule is COC(=O)c1cccc2c(=O)n(-c3ccccc3)[se]c12. The molecule has 0 fully saturated rings. The number of rotatable bonds is 2. The summed E-state index contributed by atoms with van der Waals surface area (Å²) in [5, 5.41) is 0.594. The second-order valence-corrected chi connectivity index (χ2v) is 6.21. The molecule has 3 rings (SSSR count). The number of hydrogen-bond donors (Lipinski definition) is 0. The van der Waals surface area contributed by atoms with Crippen LogP contribution in [-0.2, 0) is 4.74 Å². The molecule has 0 N–H and O–H groups in total. The third-order valence-corrected chi connectivity index (χ3v) is 5.49. The van der Waals surface area contributed by atoms with Crippen LogP contribution < -0.4 is 5.56 Å². The Morgan fingerprint density at radius 2 is 1.85 bits per heavy atom. The number of fused-ring (bicyclic) bond motifs is 1. The van der Waals surface area contributed by atoms with Gasteiger partial charge in [-0.1, -0.05) is 0 Å². The Labute approximate surface area is 121 Å². The third-order valence-electron chi connectivity index (χ3n) is 3.01. The van der Waals surface area contributed by atoms with E-state index in [0.29, 0.717) is 10.9 Å². The van der Waals surface area contributed by atoms with E-state index in [0.717, 1.165) is 9.95 Å². The van der Waals surface area contributed by atoms with Crippen LogP contribution in [0, 0.1) is 0 Å². The summed E-state index contributed by atoms with van der Waals surface area (Å²) < 4.78 is 7.30. The number of carbonyl (C=O) groups is 1. The van der Waals surface area contributed by atoms with E-state index in [4.69, 9.17) is 4.74 Å². The van der Waals surface area contributed by atoms with Crippen molar-refractivity contribution in [2.45, 2.75) is 0 Å². The first-order valence-corrected chi connectivity index (χ1v) is 7.63. The van der Waals surface area contributed by atoms with Crippen molar-refractivity contribution < 1.29 is 9.53 Å². The fourth-order valence-electron chi connectivity index (χ4n) is 2.05. The van der Waals surface area contributed by atoms with E-state index < -0.39 is 5.97 Å². The van der Waals surface area contributed by atoms with Crippen molar-refractivity contribution >= 4 is 30.3 Å². The molecule has 20 heavy (non-hydrogen) atoms. The molecule has 1 heterocycles. The van der Waals surface area contributed by atoms with Crippen LogP contribution in [0.15, 0.2) is 53.3 Å². The fraction of sp³-hybridized carbons (Fsp3) is 0.0667. The molecule has 0 aliphatic heterocycles. The zero-order valence-electron chi connectivity index (χ0n) is 10.7. The van der Waals surface area contributed by atoms with Gasteiger partial charge in [0.1, 0.15) is 0 Å². The maximum atomic E-state index is 12.4. The first kappa shape index (κ1) is 12.9. The van der Waals surface area contributed by atoms with Gasteiger partial charge >= 0.3 is 121 Å². The number of carbonyl (C=O) groups excluding carboxylic acids is 1. The summed E-state index contributed by atoms with van der Waals surface area (Å²) in [6.45, 7) is 0. The molecule has 0 aliphatic rings. The van der Waals surface area contributed by atoms with Gasteiger partial charge in [-0.15, -0.1) is 0 Å². The van der Waals surface area contributed by atoms with E-state index in [9.17, 15) is 9.59 Å². The summed E-state index contributed by atoms with van der Waals surface area (Å²) in [4.78, 5) is 24.2. The van der Waals surface area contributed by atoms with Gasteiger partial charge in [0.2, 0.25) is 0 Å². The van der Waals surface area contributed by atoms with Crippen molar-refractivity contribution in [1.29, 1.82) is 0 Å². The summed E-state index contributed by atoms with van der Waals surface area (Å²) in [7, 11) is 1.35. The molecule has 0 aliphatic carbocycles. The van der Waals surface area contributed by atoms with Crippen LogP contribution >= 0.6 is 0 Å². The van der Waals surface area contributed by atoms with Gasteiger partial charge in [0.25, 0.3) is 0 Å². The number of esters is 1. The Morgan fingerprint density at radius 1 is 1.10 bits per heavy atom. The Morgan fingerprint density at radius 3 is 2.55 bits per heavy atom. The van der Waals surface area contributed by atoms with Gasteiger partial charge in [0.05, 0.1) is 0 Å². The number of nitrogens with zero attached hydrogens (tertiary/aromatic N) is 1. The van der Waals surface area contributed by atoms with Crippen LogP contribution in [0.2, 0.25) is 0 Å². The second kappa shape index (κ2) is 5.12. The van der Waals surface area contributed by atoms with E-state index >= 15 is 0 Å². The zero-order valence-corrected chi connectivity index (χ0v) is 12.4. The van der Waals surface area contributed by atoms with E-state index in [1.807, 2.05) is 30.3 Å². The van der Waals surface area contributed by atoms with Crippen LogP contribution in [0.25, 0.3) is 15.3 Å². The second-order valence-electron chi connectivity index (χ2n) is 4.20. The van der Waals surface area contributed by atoms with Crippen molar-refractivity contribution in [1.82, 2.24) is 3.56 Å². The first-order valence-electron chi connectivity index (χ1n) is 6.01. The summed E-state index contributed by atoms with van der Waals surface area (Å²) >= 11 is -0.251. The van der Waals surface area contributed by atoms with E-state index in [-0.39, 0.29) is 20.3 Å². The minimum atomic E-state index is -0.397. The van der Waals surface area contributed by atoms with Crippen LogP contribution in [0.1, 0.15) is 10.4 Å². The average molecular weight is 332 g/mol. The summed E-state index contributed by atoms with van der Waals surface area (Å²) in [6, 6.07) is 14.7. The topological polar surface area (TPSA) is 48.3 Å². The molecule has 0 unspecified atom stereocenters. The van der Waals surface area contributed by atoms with Crippen LogP contribution in [0.5, 0.6) is 0 Å². The standard InChI is InChI=1S/C15H11NO3Se/c1-19-15(18)12-9-5-8-11-13(12)20-16(14(11)17)10-6-3-2-4-7-10/h2-9H,1H3. The Balaban J connectivity index is 2.30. The molecule has 0 amide bonds. The quantitative estimate of drug-likeness (QED) is 0.531. The maximum absolute atomic E-state index is 12.4. The zero-order chi connectivity index (χ0) is 14.1. The fourth-order valence-corrected chi connectivity index (χ4v) is 4.35. The predicted octanol–water partition coefficient (Wildman–Crippen LogP) is 1.83. The van der Waals surface area contributed by atoms with Gasteiger partial charge in [-0.2, -0.15) is 0 Å². The number of para-hydroxylation sites is 1. The molecule has 3 aromatic rings. The van der Waals surface area contributed by atoms with Crippen LogP contribution in [0.3, 0.4) is 0 Å². The molecule has 0 spiro atoms. The number of methoxy groups -OCH3 is 1. The van der Waals surface area contributed by atoms with Crippen LogP contribution in [-0.4, -0.2) is 31.4 Å². The Kier molecular flexibility index (Phi) is 3.30. The molecule has 0 saturated carbocycles. The molecule has 0 radical (unpaired) electrons. The molecule has 0 bridgehead atoms. The number of hydrogen-bond acceptors (Lipinski definition) is 3. The molecule has 4 nitrogen and oxygen atoms in total. The molecule has 0 saturated heterocycles. The van der Waals surface area contributed by atoms with Gasteiger partial charge in [0, 0.05) is 0 Å². The van der Waals surface area contributed by atoms with E-state index in [1.165, 1.54) is 7.11 Å². The van der Waals surface area contributed by atoms with Gasteiger partial charge < -0.3 is 0 Å². The summed E-state index contributed by atoms with van der Waals surface area (Å²) in [5.74, 6) is -0.397. The van der Waals surface area contributed by atoms with Gasteiger partial charge in [0.15, 0.2) is 0 Å². The molecular weight excluding hydrogens is 321 g/mol. The normalized spacial score (nSPS) is 10.7. The predicted molar refractivity (Wildman–Crippen MR) is 77.8 cm³/mol. The number of ether oxygens (including phenoxy) is 1. The molecule has 5 heteroatoms. The Hall–Kier alpha value is -2.10. The molecule has 0 atom stereocenters. The van der Waals surface area contributed by atoms with Crippen LogP contribution in [0.4, 0.5) is 0 Å². The van der Waals surface area contributed by atoms with Crippen molar-refractivity contribution in [3.63, 3.8) is 0 Å². The monoisotopic (exact) mass is 333 g/mol. The molecule has 100 valence electrons. The van der Waals surface area contributed by atoms with Gasteiger partial charge in [-0.25, -0.2) is 0 Å². The van der Waals surface area contributed by atoms with E-state index in [1.54, 1.807) is 21.8 Å². The van der Waals surface area contributed by atoms with Crippen molar-refractivity contribution in [3.8, 4) is 5.69 Å². The minimum absolute atomic E-state index is 0.0584. The average Bonchev–Trinajstić information content (AvgIpc) is 2.85. The number of aromatic nitrogens is 1. The summed E-state index contributed by atoms with van der Waals surface area (Å²) in [5.41, 5.74) is 1.28. The van der Waals surface area contributed by atoms with Crippen molar-refractivity contribution in [2.24, 2.45) is 0 Å². The molecular formula is C15H11NO3Se. The van der Waals surface area contributed by atoms with Gasteiger partial charge in [-0.05, 0) is 0 Å². The van der Waals surface area contributed by atoms with Gasteiger partial charge in [-0.3, -0.25) is 0 Å². The Bertz CT molecular complexity index is 833. The molecule has 2 aromatic carbocycles. The third kappa shape index (κ3) is 2.01. The molecule has 1 aromatic heterocycles. The summed E-state index contributed by atoms with van der Waals surface area (Å²) in [6.07, 6.45) is 0.